The zero-order valence-electron chi connectivity index (χ0n) is 13.3. The van der Waals surface area contributed by atoms with Crippen LogP contribution in [-0.4, -0.2) is 10.9 Å². The highest BCUT2D eigenvalue weighted by molar-refractivity contribution is 6.07. The number of amides is 1. The number of aromatic nitrogens is 1. The number of hydrogen-bond donors (Lipinski definition) is 0. The van der Waals surface area contributed by atoms with Gasteiger partial charge in [-0.2, -0.15) is 0 Å². The summed E-state index contributed by atoms with van der Waals surface area (Å²) in [5.74, 6) is 1.13. The molecule has 4 heteroatoms. The molecule has 24 heavy (non-hydrogen) atoms. The number of para-hydroxylation sites is 2. The lowest BCUT2D eigenvalue weighted by Gasteiger charge is -2.22. The number of benzene rings is 2. The highest BCUT2D eigenvalue weighted by Gasteiger charge is 2.26. The van der Waals surface area contributed by atoms with Crippen molar-refractivity contribution in [2.75, 3.05) is 4.90 Å². The first-order valence-electron chi connectivity index (χ1n) is 7.82. The van der Waals surface area contributed by atoms with Crippen molar-refractivity contribution in [2.45, 2.75) is 13.5 Å². The monoisotopic (exact) mass is 316 g/mol. The number of carbonyl (C=O) groups excluding carboxylic acids is 1. The van der Waals surface area contributed by atoms with Crippen molar-refractivity contribution in [3.05, 3.63) is 83.6 Å². The van der Waals surface area contributed by atoms with E-state index in [-0.39, 0.29) is 5.91 Å². The zero-order valence-corrected chi connectivity index (χ0v) is 13.3. The molecule has 0 fully saturated rings. The fourth-order valence-electron chi connectivity index (χ4n) is 2.88. The average Bonchev–Trinajstić information content (AvgIpc) is 2.77. The molecule has 4 nitrogen and oxygen atoms in total. The van der Waals surface area contributed by atoms with Gasteiger partial charge in [-0.25, -0.2) is 4.98 Å². The van der Waals surface area contributed by atoms with Gasteiger partial charge in [-0.05, 0) is 37.3 Å². The molecule has 2 aromatic carbocycles. The van der Waals surface area contributed by atoms with E-state index < -0.39 is 0 Å². The van der Waals surface area contributed by atoms with Gasteiger partial charge in [0.25, 0.3) is 5.91 Å². The van der Waals surface area contributed by atoms with Gasteiger partial charge in [0, 0.05) is 17.3 Å². The number of hydrogen-bond acceptors (Lipinski definition) is 3. The molecule has 0 N–H and O–H groups in total. The SMILES string of the molecule is Cc1cccc(C(=O)N2Cc3cccnc3Oc3ccccc32)c1. The Morgan fingerprint density at radius 1 is 1.08 bits per heavy atom. The van der Waals surface area contributed by atoms with Crippen LogP contribution in [0.1, 0.15) is 21.5 Å². The molecule has 2 heterocycles. The van der Waals surface area contributed by atoms with E-state index in [1.807, 2.05) is 67.6 Å². The standard InChI is InChI=1S/C20H16N2O2/c1-14-6-4-7-15(12-14)20(23)22-13-16-8-5-11-21-19(16)24-18-10-3-2-9-17(18)22/h2-12H,13H2,1H3. The highest BCUT2D eigenvalue weighted by atomic mass is 16.5. The Kier molecular flexibility index (Phi) is 3.50. The zero-order chi connectivity index (χ0) is 16.5. The van der Waals surface area contributed by atoms with Gasteiger partial charge >= 0.3 is 0 Å². The van der Waals surface area contributed by atoms with Crippen molar-refractivity contribution in [1.82, 2.24) is 4.98 Å². The number of fused-ring (bicyclic) bond motifs is 2. The summed E-state index contributed by atoms with van der Waals surface area (Å²) < 4.78 is 5.94. The van der Waals surface area contributed by atoms with Crippen molar-refractivity contribution in [2.24, 2.45) is 0 Å². The van der Waals surface area contributed by atoms with E-state index in [1.165, 1.54) is 0 Å². The van der Waals surface area contributed by atoms with Gasteiger partial charge in [-0.15, -0.1) is 0 Å². The van der Waals surface area contributed by atoms with Gasteiger partial charge < -0.3 is 9.64 Å². The predicted molar refractivity (Wildman–Crippen MR) is 92.4 cm³/mol. The molecular formula is C20H16N2O2. The fourth-order valence-corrected chi connectivity index (χ4v) is 2.88. The molecule has 1 aromatic heterocycles. The molecule has 1 aliphatic heterocycles. The van der Waals surface area contributed by atoms with Crippen LogP contribution in [0.2, 0.25) is 0 Å². The van der Waals surface area contributed by atoms with Crippen LogP contribution < -0.4 is 9.64 Å². The summed E-state index contributed by atoms with van der Waals surface area (Å²) in [7, 11) is 0. The van der Waals surface area contributed by atoms with E-state index in [1.54, 1.807) is 11.1 Å². The molecule has 0 aliphatic carbocycles. The van der Waals surface area contributed by atoms with Gasteiger partial charge in [0.05, 0.1) is 12.2 Å². The van der Waals surface area contributed by atoms with Gasteiger partial charge in [0.1, 0.15) is 0 Å². The molecule has 0 spiro atoms. The molecule has 0 radical (unpaired) electrons. The lowest BCUT2D eigenvalue weighted by Crippen LogP contribution is -2.29. The average molecular weight is 316 g/mol. The third-order valence-corrected chi connectivity index (χ3v) is 4.05. The summed E-state index contributed by atoms with van der Waals surface area (Å²) in [6.45, 7) is 2.41. The van der Waals surface area contributed by atoms with E-state index >= 15 is 0 Å². The van der Waals surface area contributed by atoms with E-state index in [4.69, 9.17) is 4.74 Å². The second-order valence-electron chi connectivity index (χ2n) is 5.80. The number of rotatable bonds is 1. The number of ether oxygens (including phenoxy) is 1. The van der Waals surface area contributed by atoms with E-state index in [9.17, 15) is 4.79 Å². The third-order valence-electron chi connectivity index (χ3n) is 4.05. The van der Waals surface area contributed by atoms with Crippen LogP contribution in [0.4, 0.5) is 5.69 Å². The summed E-state index contributed by atoms with van der Waals surface area (Å²) in [5.41, 5.74) is 3.36. The van der Waals surface area contributed by atoms with Crippen LogP contribution in [0.3, 0.4) is 0 Å². The molecule has 4 rings (SSSR count). The van der Waals surface area contributed by atoms with E-state index in [2.05, 4.69) is 4.98 Å². The first-order valence-corrected chi connectivity index (χ1v) is 7.82. The van der Waals surface area contributed by atoms with Gasteiger partial charge in [-0.1, -0.05) is 35.9 Å². The number of nitrogens with zero attached hydrogens (tertiary/aromatic N) is 2. The number of anilines is 1. The summed E-state index contributed by atoms with van der Waals surface area (Å²) >= 11 is 0. The Hall–Kier alpha value is -3.14. The van der Waals surface area contributed by atoms with Gasteiger partial charge in [0.2, 0.25) is 5.88 Å². The maximum absolute atomic E-state index is 13.1. The van der Waals surface area contributed by atoms with Crippen molar-refractivity contribution in [3.63, 3.8) is 0 Å². The second kappa shape index (κ2) is 5.81. The number of aryl methyl sites for hydroxylation is 1. The first kappa shape index (κ1) is 14.5. The van der Waals surface area contributed by atoms with Crippen LogP contribution in [0.5, 0.6) is 11.6 Å². The van der Waals surface area contributed by atoms with Crippen molar-refractivity contribution in [3.8, 4) is 11.6 Å². The fraction of sp³-hybridized carbons (Fsp3) is 0.100. The number of carbonyl (C=O) groups is 1. The minimum atomic E-state index is -0.0496. The predicted octanol–water partition coefficient (Wildman–Crippen LogP) is 4.34. The van der Waals surface area contributed by atoms with Crippen LogP contribution in [0, 0.1) is 6.92 Å². The van der Waals surface area contributed by atoms with Crippen LogP contribution >= 0.6 is 0 Å². The molecule has 3 aromatic rings. The summed E-state index contributed by atoms with van der Waals surface area (Å²) in [4.78, 5) is 19.2. The Morgan fingerprint density at radius 2 is 1.96 bits per heavy atom. The molecule has 0 unspecified atom stereocenters. The van der Waals surface area contributed by atoms with E-state index in [0.717, 1.165) is 16.8 Å². The molecule has 0 saturated carbocycles. The topological polar surface area (TPSA) is 42.4 Å². The second-order valence-corrected chi connectivity index (χ2v) is 5.80. The van der Waals surface area contributed by atoms with Gasteiger partial charge in [0.15, 0.2) is 5.75 Å². The van der Waals surface area contributed by atoms with Crippen molar-refractivity contribution >= 4 is 11.6 Å². The third kappa shape index (κ3) is 2.52. The maximum Gasteiger partial charge on any atom is 0.258 e. The van der Waals surface area contributed by atoms with Crippen molar-refractivity contribution < 1.29 is 9.53 Å². The minimum Gasteiger partial charge on any atom is -0.436 e. The molecule has 1 aliphatic rings. The summed E-state index contributed by atoms with van der Waals surface area (Å²) in [5, 5.41) is 0. The van der Waals surface area contributed by atoms with Crippen molar-refractivity contribution in [1.29, 1.82) is 0 Å². The lowest BCUT2D eigenvalue weighted by molar-refractivity contribution is 0.0985. The minimum absolute atomic E-state index is 0.0496. The highest BCUT2D eigenvalue weighted by Crippen LogP contribution is 2.38. The molecule has 0 saturated heterocycles. The molecular weight excluding hydrogens is 300 g/mol. The summed E-state index contributed by atoms with van der Waals surface area (Å²) in [6, 6.07) is 19.0. The molecule has 0 bridgehead atoms. The Balaban J connectivity index is 1.83. The largest absolute Gasteiger partial charge is 0.436 e. The van der Waals surface area contributed by atoms with Crippen LogP contribution in [0.25, 0.3) is 0 Å². The molecule has 1 amide bonds. The van der Waals surface area contributed by atoms with Gasteiger partial charge in [-0.3, -0.25) is 4.79 Å². The Labute approximate surface area is 140 Å². The Morgan fingerprint density at radius 3 is 2.83 bits per heavy atom. The number of pyridine rings is 1. The normalized spacial score (nSPS) is 12.6. The lowest BCUT2D eigenvalue weighted by atomic mass is 10.1. The quantitative estimate of drug-likeness (QED) is 0.670. The van der Waals surface area contributed by atoms with Crippen LogP contribution in [-0.2, 0) is 6.54 Å². The summed E-state index contributed by atoms with van der Waals surface area (Å²) in [6.07, 6.45) is 1.69. The van der Waals surface area contributed by atoms with E-state index in [0.29, 0.717) is 23.7 Å². The maximum atomic E-state index is 13.1. The smallest absolute Gasteiger partial charge is 0.258 e. The first-order chi connectivity index (χ1) is 11.7. The Bertz CT molecular complexity index is 921. The molecule has 0 atom stereocenters. The molecule has 118 valence electrons. The van der Waals surface area contributed by atoms with Crippen LogP contribution in [0.15, 0.2) is 66.9 Å².